The highest BCUT2D eigenvalue weighted by molar-refractivity contribution is 6.30. The maximum atomic E-state index is 9.35. The second kappa shape index (κ2) is 7.10. The fourth-order valence-corrected chi connectivity index (χ4v) is 2.27. The number of likely N-dealkylation sites (N-methyl/N-ethyl adjacent to an activating group) is 1. The summed E-state index contributed by atoms with van der Waals surface area (Å²) < 4.78 is 0. The molecule has 0 heterocycles. The van der Waals surface area contributed by atoms with Crippen LogP contribution in [-0.2, 0) is 0 Å². The summed E-state index contributed by atoms with van der Waals surface area (Å²) in [5.74, 6) is 0. The van der Waals surface area contributed by atoms with Crippen LogP contribution in [0.2, 0.25) is 5.02 Å². The molecule has 0 aliphatic carbocycles. The lowest BCUT2D eigenvalue weighted by Crippen LogP contribution is -2.38. The van der Waals surface area contributed by atoms with Gasteiger partial charge in [0.25, 0.3) is 0 Å². The molecule has 0 bridgehead atoms. The fraction of sp³-hybridized carbons (Fsp3) is 0.571. The van der Waals surface area contributed by atoms with E-state index in [0.29, 0.717) is 0 Å². The van der Waals surface area contributed by atoms with Crippen molar-refractivity contribution < 1.29 is 5.11 Å². The van der Waals surface area contributed by atoms with Crippen molar-refractivity contribution in [3.63, 3.8) is 0 Å². The highest BCUT2D eigenvalue weighted by Gasteiger charge is 2.21. The van der Waals surface area contributed by atoms with Crippen molar-refractivity contribution in [1.82, 2.24) is 4.90 Å². The second-order valence-corrected chi connectivity index (χ2v) is 5.41. The van der Waals surface area contributed by atoms with E-state index in [0.717, 1.165) is 23.6 Å². The second-order valence-electron chi connectivity index (χ2n) is 4.97. The maximum Gasteiger partial charge on any atom is 0.0524 e. The molecule has 102 valence electrons. The number of nitrogens with two attached hydrogens (primary N) is 1. The minimum Gasteiger partial charge on any atom is -0.393 e. The Morgan fingerprint density at radius 3 is 2.28 bits per heavy atom. The number of rotatable bonds is 6. The van der Waals surface area contributed by atoms with E-state index in [1.165, 1.54) is 0 Å². The Bertz CT molecular complexity index is 351. The normalized spacial score (nSPS) is 16.6. The molecule has 18 heavy (non-hydrogen) atoms. The molecule has 1 rings (SSSR count). The predicted octanol–water partition coefficient (Wildman–Crippen LogP) is 2.43. The number of benzene rings is 1. The van der Waals surface area contributed by atoms with Crippen molar-refractivity contribution in [2.75, 3.05) is 13.6 Å². The molecule has 0 saturated carbocycles. The quantitative estimate of drug-likeness (QED) is 0.835. The van der Waals surface area contributed by atoms with Gasteiger partial charge in [-0.3, -0.25) is 4.90 Å². The molecule has 0 fully saturated rings. The lowest BCUT2D eigenvalue weighted by Gasteiger charge is -2.31. The average Bonchev–Trinajstić information content (AvgIpc) is 2.29. The molecule has 3 atom stereocenters. The van der Waals surface area contributed by atoms with Gasteiger partial charge in [-0.15, -0.1) is 0 Å². The molecule has 0 radical (unpaired) electrons. The van der Waals surface area contributed by atoms with Crippen LogP contribution in [0, 0.1) is 0 Å². The molecule has 1 aromatic carbocycles. The van der Waals surface area contributed by atoms with E-state index >= 15 is 0 Å². The van der Waals surface area contributed by atoms with Gasteiger partial charge < -0.3 is 10.8 Å². The molecule has 0 aliphatic rings. The minimum atomic E-state index is -0.286. The lowest BCUT2D eigenvalue weighted by atomic mass is 9.99. The molecule has 4 heteroatoms. The molecule has 3 nitrogen and oxygen atoms in total. The van der Waals surface area contributed by atoms with E-state index in [-0.39, 0.29) is 18.2 Å². The summed E-state index contributed by atoms with van der Waals surface area (Å²) in [7, 11) is 2.03. The molecule has 1 aromatic rings. The Kier molecular flexibility index (Phi) is 6.09. The third kappa shape index (κ3) is 4.58. The van der Waals surface area contributed by atoms with Crippen LogP contribution >= 0.6 is 11.6 Å². The van der Waals surface area contributed by atoms with Gasteiger partial charge in [0.2, 0.25) is 0 Å². The highest BCUT2D eigenvalue weighted by atomic mass is 35.5. The third-order valence-corrected chi connectivity index (χ3v) is 3.34. The van der Waals surface area contributed by atoms with Crippen LogP contribution in [0.5, 0.6) is 0 Å². The Hall–Kier alpha value is -0.610. The van der Waals surface area contributed by atoms with Gasteiger partial charge in [0.1, 0.15) is 0 Å². The molecule has 3 unspecified atom stereocenters. The topological polar surface area (TPSA) is 49.5 Å². The van der Waals surface area contributed by atoms with Crippen LogP contribution in [0.1, 0.15) is 31.9 Å². The van der Waals surface area contributed by atoms with Crippen molar-refractivity contribution >= 4 is 11.6 Å². The third-order valence-electron chi connectivity index (χ3n) is 3.08. The molecular weight excluding hydrogens is 248 g/mol. The first-order valence-corrected chi connectivity index (χ1v) is 6.69. The summed E-state index contributed by atoms with van der Waals surface area (Å²) >= 11 is 5.90. The summed E-state index contributed by atoms with van der Waals surface area (Å²) in [5, 5.41) is 10.1. The molecule has 0 spiro atoms. The van der Waals surface area contributed by atoms with Crippen molar-refractivity contribution in [3.8, 4) is 0 Å². The van der Waals surface area contributed by atoms with Gasteiger partial charge in [-0.05, 0) is 45.0 Å². The van der Waals surface area contributed by atoms with Crippen molar-refractivity contribution in [2.24, 2.45) is 5.73 Å². The molecule has 0 aliphatic heterocycles. The van der Waals surface area contributed by atoms with E-state index in [9.17, 15) is 5.11 Å². The van der Waals surface area contributed by atoms with Gasteiger partial charge in [-0.2, -0.15) is 0 Å². The van der Waals surface area contributed by atoms with Crippen molar-refractivity contribution in [3.05, 3.63) is 34.9 Å². The Labute approximate surface area is 115 Å². The predicted molar refractivity (Wildman–Crippen MR) is 76.8 cm³/mol. The number of hydrogen-bond donors (Lipinski definition) is 2. The SMILES string of the molecule is CC(O)CCN(C)C(c1ccc(Cl)cc1)C(C)N. The van der Waals surface area contributed by atoms with Gasteiger partial charge in [0, 0.05) is 23.7 Å². The zero-order chi connectivity index (χ0) is 13.7. The first-order valence-electron chi connectivity index (χ1n) is 6.31. The summed E-state index contributed by atoms with van der Waals surface area (Å²) in [6.45, 7) is 4.61. The fourth-order valence-electron chi connectivity index (χ4n) is 2.15. The lowest BCUT2D eigenvalue weighted by molar-refractivity contribution is 0.143. The zero-order valence-corrected chi connectivity index (χ0v) is 12.1. The van der Waals surface area contributed by atoms with E-state index in [1.54, 1.807) is 6.92 Å². The summed E-state index contributed by atoms with van der Waals surface area (Å²) in [4.78, 5) is 2.18. The van der Waals surface area contributed by atoms with E-state index in [4.69, 9.17) is 17.3 Å². The summed E-state index contributed by atoms with van der Waals surface area (Å²) in [5.41, 5.74) is 7.23. The van der Waals surface area contributed by atoms with Crippen LogP contribution in [0.15, 0.2) is 24.3 Å². The number of aliphatic hydroxyl groups is 1. The van der Waals surface area contributed by atoms with E-state index in [2.05, 4.69) is 4.90 Å². The summed E-state index contributed by atoms with van der Waals surface area (Å²) in [6.07, 6.45) is 0.458. The molecule has 0 saturated heterocycles. The van der Waals surface area contributed by atoms with Crippen LogP contribution in [-0.4, -0.2) is 35.7 Å². The average molecular weight is 271 g/mol. The van der Waals surface area contributed by atoms with Crippen molar-refractivity contribution in [2.45, 2.75) is 38.5 Å². The molecule has 0 aromatic heterocycles. The summed E-state index contributed by atoms with van der Waals surface area (Å²) in [6, 6.07) is 7.94. The van der Waals surface area contributed by atoms with E-state index in [1.807, 2.05) is 38.2 Å². The largest absolute Gasteiger partial charge is 0.393 e. The Morgan fingerprint density at radius 1 is 1.28 bits per heavy atom. The number of nitrogens with zero attached hydrogens (tertiary/aromatic N) is 1. The molecular formula is C14H23ClN2O. The highest BCUT2D eigenvalue weighted by Crippen LogP contribution is 2.24. The van der Waals surface area contributed by atoms with Crippen molar-refractivity contribution in [1.29, 1.82) is 0 Å². The standard InChI is InChI=1S/C14H23ClN2O/c1-10(18)8-9-17(3)14(11(2)16)12-4-6-13(15)7-5-12/h4-7,10-11,14,18H,8-9,16H2,1-3H3. The van der Waals surface area contributed by atoms with Gasteiger partial charge >= 0.3 is 0 Å². The van der Waals surface area contributed by atoms with Crippen LogP contribution in [0.4, 0.5) is 0 Å². The van der Waals surface area contributed by atoms with Gasteiger partial charge in [0.15, 0.2) is 0 Å². The Morgan fingerprint density at radius 2 is 1.83 bits per heavy atom. The maximum absolute atomic E-state index is 9.35. The number of halogens is 1. The monoisotopic (exact) mass is 270 g/mol. The van der Waals surface area contributed by atoms with Crippen LogP contribution in [0.25, 0.3) is 0 Å². The first-order chi connectivity index (χ1) is 8.41. The Balaban J connectivity index is 2.78. The van der Waals surface area contributed by atoms with Crippen LogP contribution in [0.3, 0.4) is 0 Å². The number of aliphatic hydroxyl groups excluding tert-OH is 1. The zero-order valence-electron chi connectivity index (χ0n) is 11.3. The van der Waals surface area contributed by atoms with Gasteiger partial charge in [-0.1, -0.05) is 23.7 Å². The minimum absolute atomic E-state index is 0.0187. The van der Waals surface area contributed by atoms with Gasteiger partial charge in [-0.25, -0.2) is 0 Å². The first kappa shape index (κ1) is 15.4. The van der Waals surface area contributed by atoms with Gasteiger partial charge in [0.05, 0.1) is 6.10 Å². The molecule has 0 amide bonds. The van der Waals surface area contributed by atoms with E-state index < -0.39 is 0 Å². The molecule has 3 N–H and O–H groups in total. The van der Waals surface area contributed by atoms with Crippen LogP contribution < -0.4 is 5.73 Å². The smallest absolute Gasteiger partial charge is 0.0524 e. The number of hydrogen-bond acceptors (Lipinski definition) is 3.